The van der Waals surface area contributed by atoms with Crippen molar-refractivity contribution in [1.29, 1.82) is 0 Å². The fourth-order valence-corrected chi connectivity index (χ4v) is 8.90. The molecule has 1 aliphatic carbocycles. The van der Waals surface area contributed by atoms with Crippen LogP contribution in [0.3, 0.4) is 0 Å². The average molecular weight is 634 g/mol. The lowest BCUT2D eigenvalue weighted by molar-refractivity contribution is 0.602. The Balaban J connectivity index is 1.38. The van der Waals surface area contributed by atoms with E-state index in [1.165, 1.54) is 38.0 Å². The standard InChI is InChI=1S/C43H39NO2S/c1-4-5-29-44-39(38-21-11-16-33-17-12-22-40(44)42(33)38)28-27-35-26-25-34(43(35)47(45,46)36-18-7-6-8-19-36)24-23-30(2)37-20-10-15-32-14-9-13-31(3)41(32)37/h6-24,27-28H,2,4-5,25-26,29H2,1,3H3/b24-23+,35-27+,39-28+. The molecule has 5 aromatic carbocycles. The second-order valence-corrected chi connectivity index (χ2v) is 14.3. The number of unbranched alkanes of at least 4 members (excludes halogenated alkanes) is 1. The number of aryl methyl sites for hydroxylation is 2. The number of aromatic nitrogens is 1. The van der Waals surface area contributed by atoms with Gasteiger partial charge in [0.1, 0.15) is 0 Å². The Morgan fingerprint density at radius 2 is 1.51 bits per heavy atom. The predicted octanol–water partition coefficient (Wildman–Crippen LogP) is 10.3. The maximum Gasteiger partial charge on any atom is 0.207 e. The molecule has 0 amide bonds. The molecule has 0 saturated heterocycles. The Kier molecular flexibility index (Phi) is 8.30. The van der Waals surface area contributed by atoms with Crippen LogP contribution in [0.4, 0.5) is 0 Å². The molecule has 0 saturated carbocycles. The van der Waals surface area contributed by atoms with Crippen molar-refractivity contribution < 1.29 is 8.42 Å². The summed E-state index contributed by atoms with van der Waals surface area (Å²) in [6, 6.07) is 34.3. The van der Waals surface area contributed by atoms with Crippen molar-refractivity contribution in [3.8, 4) is 0 Å². The van der Waals surface area contributed by atoms with Gasteiger partial charge in [-0.15, -0.1) is 0 Å². The molecular weight excluding hydrogens is 595 g/mol. The fraction of sp³-hybridized carbons (Fsp3) is 0.163. The molecule has 0 unspecified atom stereocenters. The molecule has 0 aliphatic heterocycles. The number of hydrogen-bond donors (Lipinski definition) is 0. The van der Waals surface area contributed by atoms with E-state index in [1.807, 2.05) is 18.2 Å². The summed E-state index contributed by atoms with van der Waals surface area (Å²) < 4.78 is 31.1. The van der Waals surface area contributed by atoms with Gasteiger partial charge in [0.05, 0.1) is 9.80 Å². The number of benzene rings is 5. The van der Waals surface area contributed by atoms with E-state index in [-0.39, 0.29) is 0 Å². The first-order valence-corrected chi connectivity index (χ1v) is 18.0. The molecule has 47 heavy (non-hydrogen) atoms. The van der Waals surface area contributed by atoms with Crippen molar-refractivity contribution in [2.75, 3.05) is 0 Å². The summed E-state index contributed by atoms with van der Waals surface area (Å²) in [6.07, 6.45) is 11.6. The first-order chi connectivity index (χ1) is 22.9. The van der Waals surface area contributed by atoms with Crippen LogP contribution in [0.5, 0.6) is 0 Å². The maximum atomic E-state index is 14.3. The Bertz CT molecular complexity index is 2410. The van der Waals surface area contributed by atoms with Crippen molar-refractivity contribution in [2.45, 2.75) is 51.0 Å². The molecule has 0 spiro atoms. The first-order valence-electron chi connectivity index (χ1n) is 16.5. The highest BCUT2D eigenvalue weighted by molar-refractivity contribution is 7.95. The van der Waals surface area contributed by atoms with Gasteiger partial charge in [-0.3, -0.25) is 0 Å². The Labute approximate surface area is 277 Å². The number of nitrogens with zero attached hydrogens (tertiary/aromatic N) is 1. The third kappa shape index (κ3) is 5.57. The Hall–Kier alpha value is -4.93. The highest BCUT2D eigenvalue weighted by atomic mass is 32.2. The summed E-state index contributed by atoms with van der Waals surface area (Å²) in [4.78, 5) is 0.722. The van der Waals surface area contributed by atoms with Crippen LogP contribution >= 0.6 is 0 Å². The Morgan fingerprint density at radius 3 is 2.28 bits per heavy atom. The molecule has 0 fully saturated rings. The lowest BCUT2D eigenvalue weighted by Crippen LogP contribution is -2.16. The highest BCUT2D eigenvalue weighted by Gasteiger charge is 2.30. The van der Waals surface area contributed by atoms with E-state index in [9.17, 15) is 8.42 Å². The predicted molar refractivity (Wildman–Crippen MR) is 199 cm³/mol. The van der Waals surface area contributed by atoms with Crippen LogP contribution < -0.4 is 5.35 Å². The van der Waals surface area contributed by atoms with E-state index in [0.717, 1.165) is 47.0 Å². The van der Waals surface area contributed by atoms with Gasteiger partial charge in [0.15, 0.2) is 0 Å². The minimum absolute atomic E-state index is 0.312. The number of fused-ring (bicyclic) bond motifs is 1. The van der Waals surface area contributed by atoms with Gasteiger partial charge in [-0.05, 0) is 94.5 Å². The second kappa shape index (κ2) is 12.7. The van der Waals surface area contributed by atoms with Gasteiger partial charge in [-0.2, -0.15) is 0 Å². The molecule has 0 bridgehead atoms. The number of sulfone groups is 1. The number of hydrogen-bond acceptors (Lipinski definition) is 2. The van der Waals surface area contributed by atoms with Gasteiger partial charge in [-0.25, -0.2) is 8.42 Å². The molecule has 6 aromatic rings. The van der Waals surface area contributed by atoms with Crippen LogP contribution in [0.1, 0.15) is 43.7 Å². The van der Waals surface area contributed by atoms with Crippen molar-refractivity contribution in [2.24, 2.45) is 0 Å². The van der Waals surface area contributed by atoms with Gasteiger partial charge < -0.3 is 4.57 Å². The van der Waals surface area contributed by atoms with E-state index in [0.29, 0.717) is 22.6 Å². The molecule has 0 radical (unpaired) electrons. The topological polar surface area (TPSA) is 39.1 Å². The zero-order valence-electron chi connectivity index (χ0n) is 27.0. The molecule has 1 heterocycles. The molecule has 1 aromatic heterocycles. The van der Waals surface area contributed by atoms with E-state index >= 15 is 0 Å². The molecule has 0 N–H and O–H groups in total. The number of rotatable bonds is 9. The lowest BCUT2D eigenvalue weighted by atomic mass is 9.95. The van der Waals surface area contributed by atoms with Crippen molar-refractivity contribution >= 4 is 53.9 Å². The second-order valence-electron chi connectivity index (χ2n) is 12.4. The normalized spacial score (nSPS) is 15.4. The quantitative estimate of drug-likeness (QED) is 0.149. The monoisotopic (exact) mass is 633 g/mol. The largest absolute Gasteiger partial charge is 0.340 e. The average Bonchev–Trinajstić information content (AvgIpc) is 3.65. The van der Waals surface area contributed by atoms with Gasteiger partial charge in [-0.1, -0.05) is 123 Å². The minimum atomic E-state index is -3.77. The van der Waals surface area contributed by atoms with E-state index < -0.39 is 9.84 Å². The van der Waals surface area contributed by atoms with E-state index in [1.54, 1.807) is 24.3 Å². The Morgan fingerprint density at radius 1 is 0.809 bits per heavy atom. The van der Waals surface area contributed by atoms with Gasteiger partial charge >= 0.3 is 0 Å². The van der Waals surface area contributed by atoms with Gasteiger partial charge in [0, 0.05) is 28.2 Å². The van der Waals surface area contributed by atoms with Crippen molar-refractivity contribution in [1.82, 2.24) is 4.57 Å². The van der Waals surface area contributed by atoms with Crippen LogP contribution in [-0.2, 0) is 16.4 Å². The van der Waals surface area contributed by atoms with Crippen LogP contribution in [0.25, 0.3) is 44.1 Å². The third-order valence-electron chi connectivity index (χ3n) is 9.43. The molecule has 4 heteroatoms. The molecular formula is C43H39NO2S. The van der Waals surface area contributed by atoms with Crippen molar-refractivity contribution in [3.63, 3.8) is 0 Å². The summed E-state index contributed by atoms with van der Waals surface area (Å²) in [5.74, 6) is 0. The fourth-order valence-electron chi connectivity index (χ4n) is 7.12. The first kappa shape index (κ1) is 30.7. The van der Waals surface area contributed by atoms with Gasteiger partial charge in [0.25, 0.3) is 0 Å². The molecule has 7 rings (SSSR count). The summed E-state index contributed by atoms with van der Waals surface area (Å²) in [6.45, 7) is 9.65. The lowest BCUT2D eigenvalue weighted by Gasteiger charge is -2.11. The third-order valence-corrected chi connectivity index (χ3v) is 11.4. The molecule has 1 aliphatic rings. The molecule has 3 nitrogen and oxygen atoms in total. The smallest absolute Gasteiger partial charge is 0.207 e. The van der Waals surface area contributed by atoms with Crippen LogP contribution in [0.2, 0.25) is 0 Å². The molecule has 234 valence electrons. The maximum absolute atomic E-state index is 14.3. The summed E-state index contributed by atoms with van der Waals surface area (Å²) in [5, 5.41) is 7.15. The summed E-state index contributed by atoms with van der Waals surface area (Å²) >= 11 is 0. The SMILES string of the molecule is C=C(/C=C/C1=C(S(=O)(=O)c2ccccc2)C(=C/C=c2\c3cccc4cccc(c43)n2CCCC)/CC1)c1cccc2cccc(C)c12. The number of allylic oxidation sites excluding steroid dienone is 6. The zero-order valence-corrected chi connectivity index (χ0v) is 27.9. The van der Waals surface area contributed by atoms with Crippen molar-refractivity contribution in [3.05, 3.63) is 160 Å². The highest BCUT2D eigenvalue weighted by Crippen LogP contribution is 2.40. The summed E-state index contributed by atoms with van der Waals surface area (Å²) in [7, 11) is -3.77. The zero-order chi connectivity index (χ0) is 32.5. The van der Waals surface area contributed by atoms with Crippen LogP contribution in [0, 0.1) is 6.92 Å². The summed E-state index contributed by atoms with van der Waals surface area (Å²) in [5.41, 5.74) is 5.99. The van der Waals surface area contributed by atoms with Crippen LogP contribution in [0.15, 0.2) is 149 Å². The molecule has 0 atom stereocenters. The van der Waals surface area contributed by atoms with E-state index in [2.05, 4.69) is 110 Å². The van der Waals surface area contributed by atoms with Gasteiger partial charge in [0.2, 0.25) is 9.84 Å². The van der Waals surface area contributed by atoms with E-state index in [4.69, 9.17) is 0 Å². The van der Waals surface area contributed by atoms with Crippen LogP contribution in [-0.4, -0.2) is 13.0 Å². The minimum Gasteiger partial charge on any atom is -0.340 e.